The summed E-state index contributed by atoms with van der Waals surface area (Å²) < 4.78 is 5.03. The number of nitrogens with zero attached hydrogens (tertiary/aromatic N) is 1. The predicted molar refractivity (Wildman–Crippen MR) is 102 cm³/mol. The summed E-state index contributed by atoms with van der Waals surface area (Å²) in [5, 5.41) is 0. The molecule has 3 rings (SSSR count). The zero-order valence-electron chi connectivity index (χ0n) is 17.0. The highest BCUT2D eigenvalue weighted by atomic mass is 16.5. The molecule has 0 bridgehead atoms. The molecule has 8 nitrogen and oxygen atoms in total. The molecule has 8 heteroatoms. The number of hydrogen-bond acceptors (Lipinski definition) is 6. The number of imide groups is 1. The molecule has 1 aromatic rings. The number of hydrogen-bond donors (Lipinski definition) is 1. The molecule has 1 N–H and O–H groups in total. The summed E-state index contributed by atoms with van der Waals surface area (Å²) in [5.74, 6) is -2.12. The largest absolute Gasteiger partial charge is 0.457 e. The van der Waals surface area contributed by atoms with Crippen molar-refractivity contribution in [1.82, 2.24) is 9.88 Å². The molecule has 1 aliphatic carbocycles. The van der Waals surface area contributed by atoms with Crippen molar-refractivity contribution in [3.05, 3.63) is 22.5 Å². The molecule has 2 aliphatic rings. The SMILES string of the molecule is CC(=O)c1c(C)[nH]c(C(=O)COC(=O)CCN2C(=O)[C@H]3CCCC[C@@H]3C2=O)c1C. The molecular weight excluding hydrogens is 376 g/mol. The summed E-state index contributed by atoms with van der Waals surface area (Å²) in [7, 11) is 0. The third-order valence-corrected chi connectivity index (χ3v) is 5.90. The van der Waals surface area contributed by atoms with Crippen LogP contribution >= 0.6 is 0 Å². The summed E-state index contributed by atoms with van der Waals surface area (Å²) in [6.45, 7) is 4.30. The minimum Gasteiger partial charge on any atom is -0.457 e. The Morgan fingerprint density at radius 3 is 2.17 bits per heavy atom. The Bertz CT molecular complexity index is 860. The summed E-state index contributed by atoms with van der Waals surface area (Å²) in [6, 6.07) is 0. The van der Waals surface area contributed by atoms with Gasteiger partial charge < -0.3 is 9.72 Å². The van der Waals surface area contributed by atoms with Crippen molar-refractivity contribution < 1.29 is 28.7 Å². The van der Waals surface area contributed by atoms with Crippen LogP contribution in [-0.2, 0) is 19.1 Å². The highest BCUT2D eigenvalue weighted by Gasteiger charge is 2.47. The second-order valence-corrected chi connectivity index (χ2v) is 7.84. The van der Waals surface area contributed by atoms with E-state index >= 15 is 0 Å². The van der Waals surface area contributed by atoms with Gasteiger partial charge in [-0.15, -0.1) is 0 Å². The van der Waals surface area contributed by atoms with Gasteiger partial charge in [0.15, 0.2) is 12.4 Å². The number of rotatable bonds is 7. The molecule has 29 heavy (non-hydrogen) atoms. The molecule has 0 unspecified atom stereocenters. The summed E-state index contributed by atoms with van der Waals surface area (Å²) >= 11 is 0. The van der Waals surface area contributed by atoms with Crippen LogP contribution in [-0.4, -0.2) is 52.4 Å². The number of aromatic amines is 1. The third kappa shape index (κ3) is 4.02. The number of likely N-dealkylation sites (tertiary alicyclic amines) is 1. The number of ether oxygens (including phenoxy) is 1. The van der Waals surface area contributed by atoms with E-state index in [1.807, 2.05) is 0 Å². The molecule has 2 fully saturated rings. The molecule has 2 amide bonds. The number of carbonyl (C=O) groups excluding carboxylic acids is 5. The van der Waals surface area contributed by atoms with Gasteiger partial charge in [-0.2, -0.15) is 0 Å². The zero-order valence-corrected chi connectivity index (χ0v) is 17.0. The van der Waals surface area contributed by atoms with Crippen molar-refractivity contribution in [2.24, 2.45) is 11.8 Å². The average Bonchev–Trinajstić information content (AvgIpc) is 3.12. The Kier molecular flexibility index (Phi) is 6.00. The molecule has 1 aromatic heterocycles. The highest BCUT2D eigenvalue weighted by molar-refractivity contribution is 6.05. The second-order valence-electron chi connectivity index (χ2n) is 7.84. The van der Waals surface area contributed by atoms with Crippen LogP contribution in [0.15, 0.2) is 0 Å². The molecular formula is C21H26N2O6. The van der Waals surface area contributed by atoms with Crippen molar-refractivity contribution in [3.8, 4) is 0 Å². The van der Waals surface area contributed by atoms with Crippen LogP contribution in [0.25, 0.3) is 0 Å². The van der Waals surface area contributed by atoms with Gasteiger partial charge in [0, 0.05) is 17.8 Å². The number of Topliss-reactive ketones (excluding diaryl/α,β-unsaturated/α-hetero) is 2. The van der Waals surface area contributed by atoms with Crippen molar-refractivity contribution in [3.63, 3.8) is 0 Å². The van der Waals surface area contributed by atoms with E-state index in [2.05, 4.69) is 4.98 Å². The van der Waals surface area contributed by atoms with Crippen LogP contribution in [0.1, 0.15) is 71.1 Å². The summed E-state index contributed by atoms with van der Waals surface area (Å²) in [5.41, 5.74) is 1.84. The number of carbonyl (C=O) groups is 5. The van der Waals surface area contributed by atoms with Gasteiger partial charge in [-0.25, -0.2) is 0 Å². The van der Waals surface area contributed by atoms with E-state index in [1.54, 1.807) is 13.8 Å². The highest BCUT2D eigenvalue weighted by Crippen LogP contribution is 2.37. The monoisotopic (exact) mass is 402 g/mol. The summed E-state index contributed by atoms with van der Waals surface area (Å²) in [6.07, 6.45) is 3.19. The maximum atomic E-state index is 12.4. The number of amides is 2. The van der Waals surface area contributed by atoms with Crippen LogP contribution in [0, 0.1) is 25.7 Å². The molecule has 0 aromatic carbocycles. The van der Waals surface area contributed by atoms with Gasteiger partial charge in [0.05, 0.1) is 24.0 Å². The first-order valence-corrected chi connectivity index (χ1v) is 9.96. The van der Waals surface area contributed by atoms with Crippen LogP contribution in [0.2, 0.25) is 0 Å². The third-order valence-electron chi connectivity index (χ3n) is 5.90. The molecule has 1 aliphatic heterocycles. The van der Waals surface area contributed by atoms with Gasteiger partial charge in [0.25, 0.3) is 0 Å². The van der Waals surface area contributed by atoms with Crippen molar-refractivity contribution in [2.45, 2.75) is 52.9 Å². The number of ketones is 2. The van der Waals surface area contributed by atoms with Crippen LogP contribution in [0.4, 0.5) is 0 Å². The Morgan fingerprint density at radius 1 is 1.07 bits per heavy atom. The molecule has 0 radical (unpaired) electrons. The number of H-pyrrole nitrogens is 1. The first kappa shape index (κ1) is 21.0. The lowest BCUT2D eigenvalue weighted by molar-refractivity contribution is -0.145. The standard InChI is InChI=1S/C21H26N2O6/c1-11-18(13(3)24)12(2)22-19(11)16(25)10-29-17(26)8-9-23-20(27)14-6-4-5-7-15(14)21(23)28/h14-15,22H,4-10H2,1-3H3/t14-,15-/m0/s1. The first-order valence-electron chi connectivity index (χ1n) is 9.96. The minimum atomic E-state index is -0.651. The van der Waals surface area contributed by atoms with Gasteiger partial charge in [0.2, 0.25) is 17.6 Å². The molecule has 2 atom stereocenters. The lowest BCUT2D eigenvalue weighted by Crippen LogP contribution is -2.33. The normalized spacial score (nSPS) is 21.3. The number of nitrogens with one attached hydrogen (secondary N) is 1. The van der Waals surface area contributed by atoms with E-state index in [0.29, 0.717) is 16.8 Å². The van der Waals surface area contributed by atoms with E-state index in [9.17, 15) is 24.0 Å². The first-order chi connectivity index (χ1) is 13.7. The number of esters is 1. The van der Waals surface area contributed by atoms with Crippen LogP contribution < -0.4 is 0 Å². The molecule has 156 valence electrons. The van der Waals surface area contributed by atoms with Crippen molar-refractivity contribution in [2.75, 3.05) is 13.2 Å². The zero-order chi connectivity index (χ0) is 21.3. The van der Waals surface area contributed by atoms with Gasteiger partial charge >= 0.3 is 5.97 Å². The van der Waals surface area contributed by atoms with E-state index in [1.165, 1.54) is 11.8 Å². The van der Waals surface area contributed by atoms with Crippen molar-refractivity contribution in [1.29, 1.82) is 0 Å². The number of fused-ring (bicyclic) bond motifs is 1. The lowest BCUT2D eigenvalue weighted by Gasteiger charge is -2.19. The van der Waals surface area contributed by atoms with E-state index < -0.39 is 18.4 Å². The predicted octanol–water partition coefficient (Wildman–Crippen LogP) is 2.13. The van der Waals surface area contributed by atoms with Gasteiger partial charge in [-0.3, -0.25) is 28.9 Å². The second kappa shape index (κ2) is 8.31. The average molecular weight is 402 g/mol. The quantitative estimate of drug-likeness (QED) is 0.425. The van der Waals surface area contributed by atoms with Crippen LogP contribution in [0.3, 0.4) is 0 Å². The number of aromatic nitrogens is 1. The Hall–Kier alpha value is -2.77. The fraction of sp³-hybridized carbons (Fsp3) is 0.571. The molecule has 1 saturated heterocycles. The molecule has 1 saturated carbocycles. The maximum Gasteiger partial charge on any atom is 0.308 e. The Labute approximate surface area is 169 Å². The van der Waals surface area contributed by atoms with E-state index in [4.69, 9.17) is 4.74 Å². The Morgan fingerprint density at radius 2 is 1.66 bits per heavy atom. The van der Waals surface area contributed by atoms with E-state index in [0.717, 1.165) is 25.7 Å². The van der Waals surface area contributed by atoms with Gasteiger partial charge in [-0.05, 0) is 39.2 Å². The van der Waals surface area contributed by atoms with Gasteiger partial charge in [-0.1, -0.05) is 12.8 Å². The Balaban J connectivity index is 1.52. The van der Waals surface area contributed by atoms with Crippen molar-refractivity contribution >= 4 is 29.4 Å². The lowest BCUT2D eigenvalue weighted by atomic mass is 9.81. The maximum absolute atomic E-state index is 12.4. The molecule has 2 heterocycles. The van der Waals surface area contributed by atoms with Crippen LogP contribution in [0.5, 0.6) is 0 Å². The number of aryl methyl sites for hydroxylation is 1. The fourth-order valence-corrected chi connectivity index (χ4v) is 4.50. The topological polar surface area (TPSA) is 114 Å². The smallest absolute Gasteiger partial charge is 0.308 e. The fourth-order valence-electron chi connectivity index (χ4n) is 4.50. The minimum absolute atomic E-state index is 0.0210. The summed E-state index contributed by atoms with van der Waals surface area (Å²) in [4.78, 5) is 64.9. The van der Waals surface area contributed by atoms with E-state index in [-0.39, 0.29) is 48.1 Å². The van der Waals surface area contributed by atoms with Gasteiger partial charge in [0.1, 0.15) is 0 Å². The molecule has 0 spiro atoms.